The van der Waals surface area contributed by atoms with Gasteiger partial charge in [0.15, 0.2) is 11.5 Å². The zero-order valence-electron chi connectivity index (χ0n) is 18.4. The first-order chi connectivity index (χ1) is 14.6. The number of rotatable bonds is 5. The standard InChI is InChI=1S/C25H27NO5/c1-6-31-24(30)16-11-9-12-17(14-16)26-20(18-13-8-7-10-15(18)2)19(21(27)23(26)29)22(28)25(3,4)5/h7-14,20,27H,6H2,1-5H3. The normalized spacial score (nSPS) is 16.6. The van der Waals surface area contributed by atoms with Crippen molar-refractivity contribution in [3.05, 3.63) is 76.6 Å². The van der Waals surface area contributed by atoms with E-state index in [0.29, 0.717) is 5.69 Å². The third kappa shape index (κ3) is 4.10. The van der Waals surface area contributed by atoms with Crippen LogP contribution in [0.15, 0.2) is 59.9 Å². The van der Waals surface area contributed by atoms with Gasteiger partial charge in [-0.15, -0.1) is 0 Å². The molecule has 6 nitrogen and oxygen atoms in total. The van der Waals surface area contributed by atoms with Crippen molar-refractivity contribution in [2.24, 2.45) is 5.41 Å². The predicted molar refractivity (Wildman–Crippen MR) is 118 cm³/mol. The minimum Gasteiger partial charge on any atom is -0.503 e. The van der Waals surface area contributed by atoms with E-state index < -0.39 is 29.1 Å². The molecular formula is C25H27NO5. The number of hydrogen-bond acceptors (Lipinski definition) is 5. The van der Waals surface area contributed by atoms with Crippen molar-refractivity contribution in [3.8, 4) is 0 Å². The second-order valence-electron chi connectivity index (χ2n) is 8.55. The monoisotopic (exact) mass is 421 g/mol. The van der Waals surface area contributed by atoms with Crippen LogP contribution in [0.3, 0.4) is 0 Å². The Hall–Kier alpha value is -3.41. The summed E-state index contributed by atoms with van der Waals surface area (Å²) in [6.07, 6.45) is 0. The number of ketones is 1. The number of carbonyl (C=O) groups is 3. The van der Waals surface area contributed by atoms with Crippen molar-refractivity contribution in [1.82, 2.24) is 0 Å². The zero-order chi connectivity index (χ0) is 22.9. The highest BCUT2D eigenvalue weighted by Gasteiger charge is 2.47. The van der Waals surface area contributed by atoms with E-state index in [-0.39, 0.29) is 23.5 Å². The van der Waals surface area contributed by atoms with E-state index in [4.69, 9.17) is 4.74 Å². The highest BCUT2D eigenvalue weighted by Crippen LogP contribution is 2.44. The molecule has 1 heterocycles. The molecule has 2 aromatic rings. The lowest BCUT2D eigenvalue weighted by molar-refractivity contribution is -0.123. The van der Waals surface area contributed by atoms with Crippen LogP contribution in [0.1, 0.15) is 55.2 Å². The van der Waals surface area contributed by atoms with E-state index in [1.807, 2.05) is 31.2 Å². The van der Waals surface area contributed by atoms with E-state index >= 15 is 0 Å². The van der Waals surface area contributed by atoms with Crippen LogP contribution in [-0.4, -0.2) is 29.4 Å². The number of ether oxygens (including phenoxy) is 1. The molecule has 1 N–H and O–H groups in total. The predicted octanol–water partition coefficient (Wildman–Crippen LogP) is 4.69. The largest absolute Gasteiger partial charge is 0.503 e. The molecule has 1 atom stereocenters. The Morgan fingerprint density at radius 3 is 2.39 bits per heavy atom. The number of esters is 1. The fourth-order valence-electron chi connectivity index (χ4n) is 3.69. The van der Waals surface area contributed by atoms with Crippen LogP contribution >= 0.6 is 0 Å². The topological polar surface area (TPSA) is 83.9 Å². The highest BCUT2D eigenvalue weighted by molar-refractivity contribution is 6.17. The van der Waals surface area contributed by atoms with Gasteiger partial charge >= 0.3 is 5.97 Å². The molecule has 162 valence electrons. The number of Topliss-reactive ketones (excluding diaryl/α,β-unsaturated/α-hetero) is 1. The van der Waals surface area contributed by atoms with Crippen molar-refractivity contribution in [3.63, 3.8) is 0 Å². The summed E-state index contributed by atoms with van der Waals surface area (Å²) in [6, 6.07) is 13.1. The molecule has 2 aromatic carbocycles. The Morgan fingerprint density at radius 1 is 1.10 bits per heavy atom. The zero-order valence-corrected chi connectivity index (χ0v) is 18.4. The summed E-state index contributed by atoms with van der Waals surface area (Å²) in [4.78, 5) is 40.1. The summed E-state index contributed by atoms with van der Waals surface area (Å²) in [5.41, 5.74) is 1.55. The molecule has 31 heavy (non-hydrogen) atoms. The Kier molecular flexibility index (Phi) is 6.02. The Labute approximate surface area is 182 Å². The molecule has 1 amide bonds. The van der Waals surface area contributed by atoms with Crippen LogP contribution in [-0.2, 0) is 14.3 Å². The molecule has 0 radical (unpaired) electrons. The summed E-state index contributed by atoms with van der Waals surface area (Å²) in [7, 11) is 0. The molecule has 1 unspecified atom stereocenters. The van der Waals surface area contributed by atoms with Gasteiger partial charge in [-0.1, -0.05) is 51.1 Å². The van der Waals surface area contributed by atoms with Gasteiger partial charge in [0, 0.05) is 11.1 Å². The van der Waals surface area contributed by atoms with Crippen molar-refractivity contribution in [1.29, 1.82) is 0 Å². The van der Waals surface area contributed by atoms with Crippen molar-refractivity contribution in [2.45, 2.75) is 40.7 Å². The lowest BCUT2D eigenvalue weighted by Crippen LogP contribution is -2.33. The molecule has 3 rings (SSSR count). The fraction of sp³-hybridized carbons (Fsp3) is 0.320. The van der Waals surface area contributed by atoms with E-state index in [9.17, 15) is 19.5 Å². The van der Waals surface area contributed by atoms with Gasteiger partial charge in [-0.3, -0.25) is 14.5 Å². The number of amides is 1. The Morgan fingerprint density at radius 2 is 1.77 bits per heavy atom. The van der Waals surface area contributed by atoms with Gasteiger partial charge in [-0.25, -0.2) is 4.79 Å². The molecule has 0 aliphatic carbocycles. The Bertz CT molecular complexity index is 1080. The first kappa shape index (κ1) is 22.3. The van der Waals surface area contributed by atoms with E-state index in [0.717, 1.165) is 11.1 Å². The average molecular weight is 421 g/mol. The number of hydrogen-bond donors (Lipinski definition) is 1. The maximum atomic E-state index is 13.3. The quantitative estimate of drug-likeness (QED) is 0.708. The van der Waals surface area contributed by atoms with Gasteiger partial charge in [0.05, 0.1) is 23.8 Å². The first-order valence-electron chi connectivity index (χ1n) is 10.2. The summed E-state index contributed by atoms with van der Waals surface area (Å²) in [5.74, 6) is -2.06. The van der Waals surface area contributed by atoms with Crippen LogP contribution in [0.2, 0.25) is 0 Å². The number of aryl methyl sites for hydroxylation is 1. The molecule has 0 aromatic heterocycles. The smallest absolute Gasteiger partial charge is 0.338 e. The number of aliphatic hydroxyl groups is 1. The molecule has 0 spiro atoms. The lowest BCUT2D eigenvalue weighted by atomic mass is 9.81. The second-order valence-corrected chi connectivity index (χ2v) is 8.55. The van der Waals surface area contributed by atoms with Gasteiger partial charge < -0.3 is 9.84 Å². The molecular weight excluding hydrogens is 394 g/mol. The van der Waals surface area contributed by atoms with Crippen molar-refractivity contribution < 1.29 is 24.2 Å². The summed E-state index contributed by atoms with van der Waals surface area (Å²) < 4.78 is 5.07. The third-order valence-corrected chi connectivity index (χ3v) is 5.25. The summed E-state index contributed by atoms with van der Waals surface area (Å²) in [5, 5.41) is 10.8. The van der Waals surface area contributed by atoms with Crippen LogP contribution in [0.4, 0.5) is 5.69 Å². The van der Waals surface area contributed by atoms with E-state index in [2.05, 4.69) is 0 Å². The number of nitrogens with zero attached hydrogens (tertiary/aromatic N) is 1. The van der Waals surface area contributed by atoms with Crippen molar-refractivity contribution >= 4 is 23.3 Å². The summed E-state index contributed by atoms with van der Waals surface area (Å²) >= 11 is 0. The number of carbonyl (C=O) groups excluding carboxylic acids is 3. The van der Waals surface area contributed by atoms with Gasteiger partial charge in [0.25, 0.3) is 5.91 Å². The van der Waals surface area contributed by atoms with Gasteiger partial charge in [0.1, 0.15) is 0 Å². The van der Waals surface area contributed by atoms with Gasteiger partial charge in [-0.05, 0) is 43.2 Å². The third-order valence-electron chi connectivity index (χ3n) is 5.25. The molecule has 0 saturated heterocycles. The maximum Gasteiger partial charge on any atom is 0.338 e. The number of anilines is 1. The molecule has 0 saturated carbocycles. The Balaban J connectivity index is 2.20. The maximum absolute atomic E-state index is 13.3. The average Bonchev–Trinajstić information content (AvgIpc) is 2.98. The number of benzene rings is 2. The van der Waals surface area contributed by atoms with Crippen LogP contribution in [0.25, 0.3) is 0 Å². The molecule has 1 aliphatic heterocycles. The van der Waals surface area contributed by atoms with Crippen LogP contribution in [0.5, 0.6) is 0 Å². The van der Waals surface area contributed by atoms with E-state index in [1.165, 1.54) is 4.90 Å². The van der Waals surface area contributed by atoms with Crippen LogP contribution < -0.4 is 4.90 Å². The lowest BCUT2D eigenvalue weighted by Gasteiger charge is -2.30. The second kappa shape index (κ2) is 8.38. The fourth-order valence-corrected chi connectivity index (χ4v) is 3.69. The van der Waals surface area contributed by atoms with Crippen LogP contribution in [0, 0.1) is 12.3 Å². The molecule has 6 heteroatoms. The SMILES string of the molecule is CCOC(=O)c1cccc(N2C(=O)C(O)=C(C(=O)C(C)(C)C)C2c2ccccc2C)c1. The minimum absolute atomic E-state index is 0.0633. The highest BCUT2D eigenvalue weighted by atomic mass is 16.5. The van der Waals surface area contributed by atoms with Gasteiger partial charge in [-0.2, -0.15) is 0 Å². The molecule has 1 aliphatic rings. The van der Waals surface area contributed by atoms with E-state index in [1.54, 1.807) is 52.0 Å². The summed E-state index contributed by atoms with van der Waals surface area (Å²) in [6.45, 7) is 9.08. The number of aliphatic hydroxyl groups excluding tert-OH is 1. The van der Waals surface area contributed by atoms with Gasteiger partial charge in [0.2, 0.25) is 0 Å². The minimum atomic E-state index is -0.808. The molecule has 0 bridgehead atoms. The molecule has 0 fully saturated rings. The van der Waals surface area contributed by atoms with Crippen molar-refractivity contribution in [2.75, 3.05) is 11.5 Å². The first-order valence-corrected chi connectivity index (χ1v) is 10.2.